The largest absolute Gasteiger partial charge is 0.466 e. The lowest BCUT2D eigenvalue weighted by Gasteiger charge is -2.22. The van der Waals surface area contributed by atoms with Gasteiger partial charge in [-0.2, -0.15) is 0 Å². The van der Waals surface area contributed by atoms with Gasteiger partial charge in [-0.05, 0) is 37.1 Å². The van der Waals surface area contributed by atoms with Crippen LogP contribution in [0.5, 0.6) is 0 Å². The topological polar surface area (TPSA) is 46.5 Å². The van der Waals surface area contributed by atoms with E-state index in [1.807, 2.05) is 6.92 Å². The molecule has 1 N–H and O–H groups in total. The van der Waals surface area contributed by atoms with Gasteiger partial charge in [0.25, 0.3) is 0 Å². The lowest BCUT2D eigenvalue weighted by molar-refractivity contribution is -0.152. The Balaban J connectivity index is 3.01. The standard InChI is InChI=1S/C14H18BrFO3/c1-3-5-10(14(18)19-4-2)13(17)11-8-9(16)6-7-12(11)15/h6-8,10,13,17H,3-5H2,1-2H3. The minimum absolute atomic E-state index is 0.260. The molecule has 1 aromatic rings. The molecule has 0 bridgehead atoms. The summed E-state index contributed by atoms with van der Waals surface area (Å²) in [4.78, 5) is 11.9. The van der Waals surface area contributed by atoms with Crippen LogP contribution in [0.15, 0.2) is 22.7 Å². The Morgan fingerprint density at radius 2 is 2.16 bits per heavy atom. The van der Waals surface area contributed by atoms with Crippen molar-refractivity contribution >= 4 is 21.9 Å². The summed E-state index contributed by atoms with van der Waals surface area (Å²) >= 11 is 3.26. The Hall–Kier alpha value is -0.940. The second-order valence-electron chi connectivity index (χ2n) is 4.26. The summed E-state index contributed by atoms with van der Waals surface area (Å²) in [6, 6.07) is 4.04. The predicted molar refractivity (Wildman–Crippen MR) is 74.1 cm³/mol. The molecular formula is C14H18BrFO3. The zero-order chi connectivity index (χ0) is 14.4. The summed E-state index contributed by atoms with van der Waals surface area (Å²) in [6.45, 7) is 3.89. The number of ether oxygens (including phenoxy) is 1. The molecule has 3 nitrogen and oxygen atoms in total. The van der Waals surface area contributed by atoms with Crippen molar-refractivity contribution in [2.24, 2.45) is 5.92 Å². The highest BCUT2D eigenvalue weighted by atomic mass is 79.9. The van der Waals surface area contributed by atoms with E-state index in [4.69, 9.17) is 4.74 Å². The van der Waals surface area contributed by atoms with E-state index in [-0.39, 0.29) is 6.61 Å². The first-order valence-electron chi connectivity index (χ1n) is 6.30. The van der Waals surface area contributed by atoms with Crippen LogP contribution >= 0.6 is 15.9 Å². The van der Waals surface area contributed by atoms with E-state index in [0.29, 0.717) is 16.5 Å². The molecule has 0 radical (unpaired) electrons. The van der Waals surface area contributed by atoms with Gasteiger partial charge in [0.05, 0.1) is 18.6 Å². The van der Waals surface area contributed by atoms with Gasteiger partial charge >= 0.3 is 5.97 Å². The molecular weight excluding hydrogens is 315 g/mol. The number of rotatable bonds is 6. The van der Waals surface area contributed by atoms with E-state index in [2.05, 4.69) is 15.9 Å². The smallest absolute Gasteiger partial charge is 0.311 e. The van der Waals surface area contributed by atoms with Gasteiger partial charge in [-0.1, -0.05) is 29.3 Å². The van der Waals surface area contributed by atoms with Gasteiger partial charge in [0.1, 0.15) is 5.82 Å². The number of carbonyl (C=O) groups is 1. The number of hydrogen-bond donors (Lipinski definition) is 1. The van der Waals surface area contributed by atoms with Crippen molar-refractivity contribution in [1.29, 1.82) is 0 Å². The summed E-state index contributed by atoms with van der Waals surface area (Å²) < 4.78 is 18.8. The highest BCUT2D eigenvalue weighted by Crippen LogP contribution is 2.32. The molecule has 2 unspecified atom stereocenters. The molecule has 1 aromatic carbocycles. The average molecular weight is 333 g/mol. The van der Waals surface area contributed by atoms with Crippen molar-refractivity contribution in [3.05, 3.63) is 34.1 Å². The molecule has 5 heteroatoms. The third-order valence-electron chi connectivity index (χ3n) is 2.85. The van der Waals surface area contributed by atoms with Gasteiger partial charge in [0.15, 0.2) is 0 Å². The number of aliphatic hydroxyl groups is 1. The molecule has 2 atom stereocenters. The third kappa shape index (κ3) is 4.28. The van der Waals surface area contributed by atoms with Gasteiger partial charge in [-0.15, -0.1) is 0 Å². The summed E-state index contributed by atoms with van der Waals surface area (Å²) in [7, 11) is 0. The first-order valence-corrected chi connectivity index (χ1v) is 7.10. The molecule has 0 aromatic heterocycles. The average Bonchev–Trinajstić information content (AvgIpc) is 2.38. The molecule has 1 rings (SSSR count). The highest BCUT2D eigenvalue weighted by Gasteiger charge is 2.29. The fraction of sp³-hybridized carbons (Fsp3) is 0.500. The van der Waals surface area contributed by atoms with Crippen LogP contribution in [-0.4, -0.2) is 17.7 Å². The van der Waals surface area contributed by atoms with Gasteiger partial charge in [-0.3, -0.25) is 4.79 Å². The van der Waals surface area contributed by atoms with Crippen molar-refractivity contribution in [3.8, 4) is 0 Å². The minimum atomic E-state index is -1.08. The molecule has 0 aliphatic carbocycles. The second kappa shape index (κ2) is 7.60. The normalized spacial score (nSPS) is 13.9. The van der Waals surface area contributed by atoms with E-state index in [1.54, 1.807) is 6.92 Å². The van der Waals surface area contributed by atoms with E-state index in [9.17, 15) is 14.3 Å². The van der Waals surface area contributed by atoms with E-state index in [0.717, 1.165) is 6.42 Å². The van der Waals surface area contributed by atoms with E-state index in [1.165, 1.54) is 18.2 Å². The second-order valence-corrected chi connectivity index (χ2v) is 5.11. The summed E-state index contributed by atoms with van der Waals surface area (Å²) in [5, 5.41) is 10.3. The molecule has 19 heavy (non-hydrogen) atoms. The first-order chi connectivity index (χ1) is 9.01. The maximum atomic E-state index is 13.3. The van der Waals surface area contributed by atoms with Gasteiger partial charge in [-0.25, -0.2) is 4.39 Å². The third-order valence-corrected chi connectivity index (χ3v) is 3.57. The van der Waals surface area contributed by atoms with Crippen LogP contribution < -0.4 is 0 Å². The van der Waals surface area contributed by atoms with Crippen LogP contribution in [0.1, 0.15) is 38.4 Å². The zero-order valence-corrected chi connectivity index (χ0v) is 12.6. The molecule has 0 aliphatic heterocycles. The number of halogens is 2. The van der Waals surface area contributed by atoms with Crippen molar-refractivity contribution < 1.29 is 19.0 Å². The fourth-order valence-corrected chi connectivity index (χ4v) is 2.40. The molecule has 0 aliphatic rings. The zero-order valence-electron chi connectivity index (χ0n) is 11.0. The Bertz CT molecular complexity index is 437. The minimum Gasteiger partial charge on any atom is -0.466 e. The van der Waals surface area contributed by atoms with Crippen LogP contribution in [0, 0.1) is 11.7 Å². The highest BCUT2D eigenvalue weighted by molar-refractivity contribution is 9.10. The Morgan fingerprint density at radius 3 is 2.74 bits per heavy atom. The lowest BCUT2D eigenvalue weighted by atomic mass is 9.92. The predicted octanol–water partition coefficient (Wildman–Crippen LogP) is 3.60. The molecule has 0 heterocycles. The van der Waals surface area contributed by atoms with Crippen LogP contribution in [0.4, 0.5) is 4.39 Å². The van der Waals surface area contributed by atoms with Gasteiger partial charge in [0, 0.05) is 4.47 Å². The molecule has 0 spiro atoms. The molecule has 0 amide bonds. The van der Waals surface area contributed by atoms with Crippen LogP contribution in [0.3, 0.4) is 0 Å². The maximum Gasteiger partial charge on any atom is 0.311 e. The molecule has 106 valence electrons. The number of hydrogen-bond acceptors (Lipinski definition) is 3. The number of benzene rings is 1. The monoisotopic (exact) mass is 332 g/mol. The SMILES string of the molecule is CCCC(C(=O)OCC)C(O)c1cc(F)ccc1Br. The maximum absolute atomic E-state index is 13.3. The lowest BCUT2D eigenvalue weighted by Crippen LogP contribution is -2.25. The number of esters is 1. The summed E-state index contributed by atoms with van der Waals surface area (Å²) in [5.74, 6) is -1.58. The molecule has 0 saturated heterocycles. The number of aliphatic hydroxyl groups excluding tert-OH is 1. The summed E-state index contributed by atoms with van der Waals surface area (Å²) in [6.07, 6.45) is 0.139. The van der Waals surface area contributed by atoms with Crippen LogP contribution in [-0.2, 0) is 9.53 Å². The van der Waals surface area contributed by atoms with Crippen LogP contribution in [0.25, 0.3) is 0 Å². The molecule has 0 saturated carbocycles. The quantitative estimate of drug-likeness (QED) is 0.809. The number of carbonyl (C=O) groups excluding carboxylic acids is 1. The van der Waals surface area contributed by atoms with Crippen molar-refractivity contribution in [3.63, 3.8) is 0 Å². The van der Waals surface area contributed by atoms with Crippen LogP contribution in [0.2, 0.25) is 0 Å². The van der Waals surface area contributed by atoms with Crippen molar-refractivity contribution in [2.75, 3.05) is 6.61 Å². The van der Waals surface area contributed by atoms with Gasteiger partial charge < -0.3 is 9.84 Å². The van der Waals surface area contributed by atoms with Gasteiger partial charge in [0.2, 0.25) is 0 Å². The van der Waals surface area contributed by atoms with Crippen molar-refractivity contribution in [1.82, 2.24) is 0 Å². The fourth-order valence-electron chi connectivity index (χ4n) is 1.92. The Labute approximate surface area is 120 Å². The van der Waals surface area contributed by atoms with E-state index < -0.39 is 23.8 Å². The first kappa shape index (κ1) is 16.1. The molecule has 0 fully saturated rings. The Morgan fingerprint density at radius 1 is 1.47 bits per heavy atom. The van der Waals surface area contributed by atoms with Crippen molar-refractivity contribution in [2.45, 2.75) is 32.8 Å². The van der Waals surface area contributed by atoms with E-state index >= 15 is 0 Å². The Kier molecular flexibility index (Phi) is 6.45. The summed E-state index contributed by atoms with van der Waals surface area (Å²) in [5.41, 5.74) is 0.367.